The maximum absolute atomic E-state index is 9.44. The zero-order valence-corrected chi connectivity index (χ0v) is 11.7. The Kier molecular flexibility index (Phi) is 4.69. The van der Waals surface area contributed by atoms with E-state index in [-0.39, 0.29) is 11.8 Å². The molecular formula is C16H18ClNO. The third-order valence-corrected chi connectivity index (χ3v) is 3.37. The normalized spacial score (nSPS) is 12.1. The molecule has 0 aliphatic carbocycles. The first-order valence-corrected chi connectivity index (χ1v) is 6.88. The third kappa shape index (κ3) is 3.65. The second kappa shape index (κ2) is 6.48. The molecule has 2 aromatic rings. The summed E-state index contributed by atoms with van der Waals surface area (Å²) in [5, 5.41) is 13.3. The van der Waals surface area contributed by atoms with Crippen LogP contribution in [0.2, 0.25) is 5.02 Å². The Morgan fingerprint density at radius 3 is 2.53 bits per heavy atom. The number of aromatic hydroxyl groups is 1. The standard InChI is InChI=1S/C16H18ClNO/c1-2-6-15(12-7-4-3-5-8-12)18-13-9-10-16(19)14(17)11-13/h3-5,7-11,15,18-19H,2,6H2,1H3. The van der Waals surface area contributed by atoms with Gasteiger partial charge >= 0.3 is 0 Å². The molecule has 0 aromatic heterocycles. The fourth-order valence-corrected chi connectivity index (χ4v) is 2.27. The van der Waals surface area contributed by atoms with Crippen LogP contribution in [0.25, 0.3) is 0 Å². The molecule has 0 heterocycles. The molecule has 0 saturated heterocycles. The Morgan fingerprint density at radius 1 is 1.16 bits per heavy atom. The van der Waals surface area contributed by atoms with E-state index in [1.165, 1.54) is 5.56 Å². The lowest BCUT2D eigenvalue weighted by Crippen LogP contribution is -2.10. The quantitative estimate of drug-likeness (QED) is 0.753. The molecule has 2 N–H and O–H groups in total. The highest BCUT2D eigenvalue weighted by Crippen LogP contribution is 2.29. The van der Waals surface area contributed by atoms with E-state index in [9.17, 15) is 5.11 Å². The van der Waals surface area contributed by atoms with Gasteiger partial charge in [-0.05, 0) is 30.2 Å². The van der Waals surface area contributed by atoms with Gasteiger partial charge in [0.05, 0.1) is 11.1 Å². The number of phenolic OH excluding ortho intramolecular Hbond substituents is 1. The molecule has 0 aliphatic heterocycles. The van der Waals surface area contributed by atoms with Crippen molar-refractivity contribution in [1.29, 1.82) is 0 Å². The van der Waals surface area contributed by atoms with Crippen molar-refractivity contribution in [2.24, 2.45) is 0 Å². The molecule has 1 atom stereocenters. The Labute approximate surface area is 119 Å². The summed E-state index contributed by atoms with van der Waals surface area (Å²) in [6.07, 6.45) is 2.14. The Balaban J connectivity index is 2.19. The van der Waals surface area contributed by atoms with Crippen LogP contribution in [-0.4, -0.2) is 5.11 Å². The van der Waals surface area contributed by atoms with E-state index in [4.69, 9.17) is 11.6 Å². The molecule has 19 heavy (non-hydrogen) atoms. The molecule has 2 nitrogen and oxygen atoms in total. The maximum Gasteiger partial charge on any atom is 0.134 e. The molecular weight excluding hydrogens is 258 g/mol. The number of rotatable bonds is 5. The number of halogens is 1. The number of hydrogen-bond acceptors (Lipinski definition) is 2. The summed E-state index contributed by atoms with van der Waals surface area (Å²) in [6.45, 7) is 2.17. The van der Waals surface area contributed by atoms with Crippen molar-refractivity contribution >= 4 is 17.3 Å². The molecule has 3 heteroatoms. The van der Waals surface area contributed by atoms with E-state index >= 15 is 0 Å². The van der Waals surface area contributed by atoms with Crippen molar-refractivity contribution in [3.63, 3.8) is 0 Å². The molecule has 0 amide bonds. The lowest BCUT2D eigenvalue weighted by atomic mass is 10.0. The first-order valence-electron chi connectivity index (χ1n) is 6.50. The van der Waals surface area contributed by atoms with Gasteiger partial charge in [-0.2, -0.15) is 0 Å². The number of phenols is 1. The molecule has 0 aliphatic rings. The minimum absolute atomic E-state index is 0.110. The van der Waals surface area contributed by atoms with Crippen LogP contribution >= 0.6 is 11.6 Å². The van der Waals surface area contributed by atoms with Crippen LogP contribution in [0.1, 0.15) is 31.4 Å². The lowest BCUT2D eigenvalue weighted by Gasteiger charge is -2.20. The van der Waals surface area contributed by atoms with Crippen molar-refractivity contribution in [2.45, 2.75) is 25.8 Å². The SMILES string of the molecule is CCCC(Nc1ccc(O)c(Cl)c1)c1ccccc1. The fraction of sp³-hybridized carbons (Fsp3) is 0.250. The largest absolute Gasteiger partial charge is 0.506 e. The molecule has 0 radical (unpaired) electrons. The predicted octanol–water partition coefficient (Wildman–Crippen LogP) is 5.00. The van der Waals surface area contributed by atoms with Crippen LogP contribution in [0, 0.1) is 0 Å². The molecule has 2 rings (SSSR count). The summed E-state index contributed by atoms with van der Waals surface area (Å²) in [5.41, 5.74) is 2.18. The second-order valence-corrected chi connectivity index (χ2v) is 4.97. The summed E-state index contributed by atoms with van der Waals surface area (Å²) in [7, 11) is 0. The first-order chi connectivity index (χ1) is 9.20. The molecule has 0 saturated carbocycles. The van der Waals surface area contributed by atoms with Gasteiger partial charge in [-0.3, -0.25) is 0 Å². The maximum atomic E-state index is 9.44. The number of hydrogen-bond donors (Lipinski definition) is 2. The van der Waals surface area contributed by atoms with E-state index in [2.05, 4.69) is 24.4 Å². The van der Waals surface area contributed by atoms with Crippen LogP contribution in [-0.2, 0) is 0 Å². The van der Waals surface area contributed by atoms with Crippen LogP contribution in [0.5, 0.6) is 5.75 Å². The zero-order chi connectivity index (χ0) is 13.7. The summed E-state index contributed by atoms with van der Waals surface area (Å²) < 4.78 is 0. The average Bonchev–Trinajstić information content (AvgIpc) is 2.43. The summed E-state index contributed by atoms with van der Waals surface area (Å²) in [4.78, 5) is 0. The minimum Gasteiger partial charge on any atom is -0.506 e. The van der Waals surface area contributed by atoms with Crippen LogP contribution in [0.3, 0.4) is 0 Å². The molecule has 0 bridgehead atoms. The van der Waals surface area contributed by atoms with Crippen LogP contribution < -0.4 is 5.32 Å². The van der Waals surface area contributed by atoms with Gasteiger partial charge in [-0.1, -0.05) is 55.3 Å². The van der Waals surface area contributed by atoms with Crippen molar-refractivity contribution in [3.05, 3.63) is 59.1 Å². The monoisotopic (exact) mass is 275 g/mol. The molecule has 2 aromatic carbocycles. The number of benzene rings is 2. The molecule has 100 valence electrons. The zero-order valence-electron chi connectivity index (χ0n) is 10.9. The molecule has 1 unspecified atom stereocenters. The van der Waals surface area contributed by atoms with Crippen molar-refractivity contribution < 1.29 is 5.11 Å². The smallest absolute Gasteiger partial charge is 0.134 e. The summed E-state index contributed by atoms with van der Waals surface area (Å²) in [6, 6.07) is 15.8. The first kappa shape index (κ1) is 13.8. The lowest BCUT2D eigenvalue weighted by molar-refractivity contribution is 0.475. The highest BCUT2D eigenvalue weighted by atomic mass is 35.5. The van der Waals surface area contributed by atoms with Gasteiger partial charge < -0.3 is 10.4 Å². The van der Waals surface area contributed by atoms with E-state index < -0.39 is 0 Å². The van der Waals surface area contributed by atoms with Gasteiger partial charge in [0, 0.05) is 5.69 Å². The molecule has 0 fully saturated rings. The van der Waals surface area contributed by atoms with Crippen molar-refractivity contribution in [3.8, 4) is 5.75 Å². The Hall–Kier alpha value is -1.67. The highest BCUT2D eigenvalue weighted by molar-refractivity contribution is 6.32. The van der Waals surface area contributed by atoms with E-state index in [1.807, 2.05) is 24.3 Å². The van der Waals surface area contributed by atoms with E-state index in [0.29, 0.717) is 5.02 Å². The predicted molar refractivity (Wildman–Crippen MR) is 80.8 cm³/mol. The van der Waals surface area contributed by atoms with Crippen molar-refractivity contribution in [2.75, 3.05) is 5.32 Å². The van der Waals surface area contributed by atoms with Crippen molar-refractivity contribution in [1.82, 2.24) is 0 Å². The minimum atomic E-state index is 0.110. The highest BCUT2D eigenvalue weighted by Gasteiger charge is 2.10. The topological polar surface area (TPSA) is 32.3 Å². The molecule has 0 spiro atoms. The van der Waals surface area contributed by atoms with Gasteiger partial charge in [0.2, 0.25) is 0 Å². The number of anilines is 1. The van der Waals surface area contributed by atoms with Crippen LogP contribution in [0.15, 0.2) is 48.5 Å². The second-order valence-electron chi connectivity index (χ2n) is 4.56. The Bertz CT molecular complexity index is 528. The third-order valence-electron chi connectivity index (χ3n) is 3.07. The summed E-state index contributed by atoms with van der Waals surface area (Å²) >= 11 is 5.93. The summed E-state index contributed by atoms with van der Waals surface area (Å²) in [5.74, 6) is 0.110. The fourth-order valence-electron chi connectivity index (χ4n) is 2.09. The van der Waals surface area contributed by atoms with Gasteiger partial charge in [0.25, 0.3) is 0 Å². The van der Waals surface area contributed by atoms with Crippen LogP contribution in [0.4, 0.5) is 5.69 Å². The van der Waals surface area contributed by atoms with E-state index in [0.717, 1.165) is 18.5 Å². The van der Waals surface area contributed by atoms with Gasteiger partial charge in [-0.15, -0.1) is 0 Å². The van der Waals surface area contributed by atoms with E-state index in [1.54, 1.807) is 12.1 Å². The van der Waals surface area contributed by atoms with Gasteiger partial charge in [0.1, 0.15) is 5.75 Å². The average molecular weight is 276 g/mol. The number of nitrogens with one attached hydrogen (secondary N) is 1. The Morgan fingerprint density at radius 2 is 1.89 bits per heavy atom. The van der Waals surface area contributed by atoms with Gasteiger partial charge in [0.15, 0.2) is 0 Å². The van der Waals surface area contributed by atoms with Gasteiger partial charge in [-0.25, -0.2) is 0 Å².